The van der Waals surface area contributed by atoms with Crippen LogP contribution < -0.4 is 9.57 Å². The van der Waals surface area contributed by atoms with Crippen LogP contribution in [-0.2, 0) is 6.61 Å². The Balaban J connectivity index is 1.40. The maximum Gasteiger partial charge on any atom is 0.259 e. The van der Waals surface area contributed by atoms with Gasteiger partial charge in [-0.25, -0.2) is 4.98 Å². The summed E-state index contributed by atoms with van der Waals surface area (Å²) in [7, 11) is 0. The number of para-hydroxylation sites is 2. The van der Waals surface area contributed by atoms with E-state index in [1.54, 1.807) is 18.3 Å². The molecule has 3 aromatic carbocycles. The molecule has 5 aromatic rings. The molecule has 8 heteroatoms. The molecule has 0 aliphatic heterocycles. The zero-order chi connectivity index (χ0) is 26.9. The number of pyridine rings is 1. The Morgan fingerprint density at radius 2 is 1.64 bits per heavy atom. The summed E-state index contributed by atoms with van der Waals surface area (Å²) in [5.74, 6) is 1.05. The van der Waals surface area contributed by atoms with E-state index < -0.39 is 0 Å². The van der Waals surface area contributed by atoms with Gasteiger partial charge >= 0.3 is 0 Å². The molecule has 0 amide bonds. The zero-order valence-electron chi connectivity index (χ0n) is 20.6. The standard InChI is InChI=1S/C31H22Cl2N4O2/c32-24-14-12-23(28(33)19-24)20-38-30-11-4-1-7-22(30)13-15-26(17-16-25-8-5-6-18-34-25)37-39-31-27-9-2-3-10-29(27)35-21-36-31/h1-19,21H,20H2/b15-13+,17-16+,37-26-. The van der Waals surface area contributed by atoms with Gasteiger partial charge in [-0.3, -0.25) is 4.98 Å². The van der Waals surface area contributed by atoms with E-state index in [1.807, 2.05) is 97.1 Å². The molecule has 0 bridgehead atoms. The highest BCUT2D eigenvalue weighted by molar-refractivity contribution is 6.35. The molecule has 2 heterocycles. The number of fused-ring (bicyclic) bond motifs is 1. The van der Waals surface area contributed by atoms with E-state index in [9.17, 15) is 0 Å². The van der Waals surface area contributed by atoms with Gasteiger partial charge in [0.25, 0.3) is 5.88 Å². The summed E-state index contributed by atoms with van der Waals surface area (Å²) in [6.45, 7) is 0.297. The van der Waals surface area contributed by atoms with Crippen LogP contribution in [-0.4, -0.2) is 20.7 Å². The predicted octanol–water partition coefficient (Wildman–Crippen LogP) is 8.07. The summed E-state index contributed by atoms with van der Waals surface area (Å²) in [4.78, 5) is 18.6. The average Bonchev–Trinajstić information content (AvgIpc) is 2.97. The molecule has 0 N–H and O–H groups in total. The summed E-state index contributed by atoms with van der Waals surface area (Å²) in [5.41, 5.74) is 3.79. The molecule has 0 saturated carbocycles. The van der Waals surface area contributed by atoms with E-state index in [1.165, 1.54) is 6.33 Å². The molecule has 192 valence electrons. The summed E-state index contributed by atoms with van der Waals surface area (Å²) in [6.07, 6.45) is 10.6. The fourth-order valence-corrected chi connectivity index (χ4v) is 4.09. The second-order valence-electron chi connectivity index (χ2n) is 8.29. The lowest BCUT2D eigenvalue weighted by atomic mass is 10.1. The molecule has 0 spiro atoms. The van der Waals surface area contributed by atoms with Crippen molar-refractivity contribution in [3.63, 3.8) is 0 Å². The molecule has 0 aliphatic rings. The van der Waals surface area contributed by atoms with Crippen molar-refractivity contribution in [3.05, 3.63) is 136 Å². The molecule has 0 fully saturated rings. The van der Waals surface area contributed by atoms with Crippen molar-refractivity contribution >= 4 is 52.0 Å². The molecular weight excluding hydrogens is 531 g/mol. The number of oxime groups is 1. The third-order valence-electron chi connectivity index (χ3n) is 5.61. The van der Waals surface area contributed by atoms with Gasteiger partial charge in [-0.05, 0) is 66.8 Å². The molecule has 0 saturated heterocycles. The highest BCUT2D eigenvalue weighted by atomic mass is 35.5. The van der Waals surface area contributed by atoms with E-state index in [0.29, 0.717) is 34.0 Å². The number of allylic oxidation sites excluding steroid dienone is 2. The molecule has 0 atom stereocenters. The second-order valence-corrected chi connectivity index (χ2v) is 9.13. The smallest absolute Gasteiger partial charge is 0.259 e. The summed E-state index contributed by atoms with van der Waals surface area (Å²) < 4.78 is 6.09. The Hall–Kier alpha value is -4.52. The van der Waals surface area contributed by atoms with E-state index in [-0.39, 0.29) is 0 Å². The second kappa shape index (κ2) is 12.8. The van der Waals surface area contributed by atoms with Gasteiger partial charge in [0, 0.05) is 27.4 Å². The third-order valence-corrected chi connectivity index (χ3v) is 6.19. The molecule has 0 unspecified atom stereocenters. The van der Waals surface area contributed by atoms with Gasteiger partial charge in [-0.1, -0.05) is 70.8 Å². The average molecular weight is 553 g/mol. The summed E-state index contributed by atoms with van der Waals surface area (Å²) in [5, 5.41) is 6.27. The van der Waals surface area contributed by atoms with Crippen LogP contribution in [0, 0.1) is 0 Å². The quantitative estimate of drug-likeness (QED) is 0.136. The Morgan fingerprint density at radius 1 is 0.821 bits per heavy atom. The van der Waals surface area contributed by atoms with Gasteiger partial charge in [0.15, 0.2) is 0 Å². The van der Waals surface area contributed by atoms with E-state index in [0.717, 1.165) is 27.7 Å². The Kier molecular flexibility index (Phi) is 8.58. The SMILES string of the molecule is Clc1ccc(COc2ccccc2/C=C/C(/C=C/c2ccccn2)=N/Oc2ncnc3ccccc23)c(Cl)c1. The fourth-order valence-electron chi connectivity index (χ4n) is 3.63. The predicted molar refractivity (Wildman–Crippen MR) is 157 cm³/mol. The summed E-state index contributed by atoms with van der Waals surface area (Å²) >= 11 is 12.3. The van der Waals surface area contributed by atoms with Crippen LogP contribution in [0.3, 0.4) is 0 Å². The number of hydrogen-bond donors (Lipinski definition) is 0. The van der Waals surface area contributed by atoms with Crippen LogP contribution in [0.25, 0.3) is 23.1 Å². The van der Waals surface area contributed by atoms with Gasteiger partial charge in [-0.15, -0.1) is 0 Å². The number of hydrogen-bond acceptors (Lipinski definition) is 6. The Labute approximate surface area is 235 Å². The Morgan fingerprint density at radius 3 is 2.51 bits per heavy atom. The van der Waals surface area contributed by atoms with E-state index in [2.05, 4.69) is 20.1 Å². The third kappa shape index (κ3) is 7.08. The fraction of sp³-hybridized carbons (Fsp3) is 0.0323. The summed E-state index contributed by atoms with van der Waals surface area (Å²) in [6, 6.07) is 26.3. The number of rotatable bonds is 9. The minimum absolute atomic E-state index is 0.297. The highest BCUT2D eigenvalue weighted by Crippen LogP contribution is 2.25. The minimum atomic E-state index is 0.297. The molecule has 5 rings (SSSR count). The van der Waals surface area contributed by atoms with Gasteiger partial charge in [0.1, 0.15) is 24.4 Å². The number of benzene rings is 3. The van der Waals surface area contributed by atoms with Crippen molar-refractivity contribution < 1.29 is 9.57 Å². The number of nitrogens with zero attached hydrogens (tertiary/aromatic N) is 4. The van der Waals surface area contributed by atoms with Crippen molar-refractivity contribution in [1.29, 1.82) is 0 Å². The first kappa shape index (κ1) is 26.1. The topological polar surface area (TPSA) is 69.5 Å². The van der Waals surface area contributed by atoms with Crippen LogP contribution in [0.1, 0.15) is 16.8 Å². The van der Waals surface area contributed by atoms with Crippen molar-refractivity contribution in [3.8, 4) is 11.6 Å². The van der Waals surface area contributed by atoms with Crippen molar-refractivity contribution in [2.24, 2.45) is 5.16 Å². The Bertz CT molecular complexity index is 1670. The molecule has 39 heavy (non-hydrogen) atoms. The monoisotopic (exact) mass is 552 g/mol. The number of ether oxygens (including phenoxy) is 1. The van der Waals surface area contributed by atoms with Crippen LogP contribution in [0.2, 0.25) is 10.0 Å². The maximum absolute atomic E-state index is 6.32. The molecule has 0 radical (unpaired) electrons. The lowest BCUT2D eigenvalue weighted by Gasteiger charge is -2.10. The number of aromatic nitrogens is 3. The van der Waals surface area contributed by atoms with Crippen LogP contribution in [0.5, 0.6) is 11.6 Å². The van der Waals surface area contributed by atoms with E-state index >= 15 is 0 Å². The first-order valence-corrected chi connectivity index (χ1v) is 12.8. The normalized spacial score (nSPS) is 11.9. The maximum atomic E-state index is 6.32. The van der Waals surface area contributed by atoms with Gasteiger partial charge in [-0.2, -0.15) is 4.98 Å². The molecule has 2 aromatic heterocycles. The molecule has 6 nitrogen and oxygen atoms in total. The highest BCUT2D eigenvalue weighted by Gasteiger charge is 2.07. The van der Waals surface area contributed by atoms with Gasteiger partial charge < -0.3 is 9.57 Å². The van der Waals surface area contributed by atoms with Crippen molar-refractivity contribution in [2.45, 2.75) is 6.61 Å². The van der Waals surface area contributed by atoms with Crippen molar-refractivity contribution in [2.75, 3.05) is 0 Å². The minimum Gasteiger partial charge on any atom is -0.488 e. The molecular formula is C31H22Cl2N4O2. The van der Waals surface area contributed by atoms with Crippen molar-refractivity contribution in [1.82, 2.24) is 15.0 Å². The molecule has 0 aliphatic carbocycles. The van der Waals surface area contributed by atoms with E-state index in [4.69, 9.17) is 32.8 Å². The number of halogens is 2. The largest absolute Gasteiger partial charge is 0.488 e. The van der Waals surface area contributed by atoms with Gasteiger partial charge in [0.05, 0.1) is 16.6 Å². The van der Waals surface area contributed by atoms with Crippen LogP contribution in [0.4, 0.5) is 0 Å². The first-order chi connectivity index (χ1) is 19.2. The van der Waals surface area contributed by atoms with Gasteiger partial charge in [0.2, 0.25) is 0 Å². The first-order valence-electron chi connectivity index (χ1n) is 12.0. The zero-order valence-corrected chi connectivity index (χ0v) is 22.1. The lowest BCUT2D eigenvalue weighted by molar-refractivity contribution is 0.305. The lowest BCUT2D eigenvalue weighted by Crippen LogP contribution is -1.98. The van der Waals surface area contributed by atoms with Crippen LogP contribution >= 0.6 is 23.2 Å². The van der Waals surface area contributed by atoms with Crippen LogP contribution in [0.15, 0.2) is 115 Å².